The quantitative estimate of drug-likeness (QED) is 0.688. The number of rotatable bonds is 5. The second-order valence-corrected chi connectivity index (χ2v) is 5.62. The Labute approximate surface area is 138 Å². The maximum Gasteiger partial charge on any atom is 0.199 e. The highest BCUT2D eigenvalue weighted by molar-refractivity contribution is 7.71. The van der Waals surface area contributed by atoms with Crippen molar-refractivity contribution < 1.29 is 0 Å². The standard InChI is InChI=1S/C16H15ClN4S/c17-12-6-8-14(9-7-12)21-15(19-20-16(21)22)10-11-18-13-4-2-1-3-5-13/h1-9,18H,10-11H2,(H,20,22). The number of halogens is 1. The van der Waals surface area contributed by atoms with Crippen molar-refractivity contribution in [1.82, 2.24) is 14.8 Å². The van der Waals surface area contributed by atoms with E-state index in [0.29, 0.717) is 9.79 Å². The first-order valence-corrected chi connectivity index (χ1v) is 7.74. The number of nitrogens with zero attached hydrogens (tertiary/aromatic N) is 2. The summed E-state index contributed by atoms with van der Waals surface area (Å²) < 4.78 is 2.51. The fourth-order valence-electron chi connectivity index (χ4n) is 2.23. The molecule has 1 heterocycles. The maximum atomic E-state index is 5.94. The number of hydrogen-bond donors (Lipinski definition) is 2. The van der Waals surface area contributed by atoms with Crippen molar-refractivity contribution in [3.63, 3.8) is 0 Å². The van der Waals surface area contributed by atoms with E-state index in [1.807, 2.05) is 59.2 Å². The molecule has 0 amide bonds. The molecule has 2 N–H and O–H groups in total. The number of para-hydroxylation sites is 1. The molecule has 112 valence electrons. The summed E-state index contributed by atoms with van der Waals surface area (Å²) in [6.07, 6.45) is 0.755. The van der Waals surface area contributed by atoms with Crippen LogP contribution in [0.4, 0.5) is 5.69 Å². The van der Waals surface area contributed by atoms with Gasteiger partial charge in [0.05, 0.1) is 0 Å². The Bertz CT molecular complexity index is 793. The zero-order valence-corrected chi connectivity index (χ0v) is 13.4. The van der Waals surface area contributed by atoms with E-state index < -0.39 is 0 Å². The molecule has 0 aliphatic rings. The molecular formula is C16H15ClN4S. The van der Waals surface area contributed by atoms with Crippen molar-refractivity contribution >= 4 is 29.5 Å². The summed E-state index contributed by atoms with van der Waals surface area (Å²) in [6.45, 7) is 0.775. The molecule has 0 unspecified atom stereocenters. The Kier molecular flexibility index (Phi) is 4.56. The summed E-state index contributed by atoms with van der Waals surface area (Å²) in [5.74, 6) is 0.885. The van der Waals surface area contributed by atoms with Crippen molar-refractivity contribution in [3.8, 4) is 5.69 Å². The molecule has 0 saturated heterocycles. The minimum absolute atomic E-state index is 0.581. The van der Waals surface area contributed by atoms with Crippen LogP contribution in [0.2, 0.25) is 5.02 Å². The third-order valence-electron chi connectivity index (χ3n) is 3.28. The van der Waals surface area contributed by atoms with Gasteiger partial charge in [0.1, 0.15) is 5.82 Å². The molecule has 6 heteroatoms. The molecule has 3 aromatic rings. The average molecular weight is 331 g/mol. The Balaban J connectivity index is 1.75. The fourth-order valence-corrected chi connectivity index (χ4v) is 2.61. The van der Waals surface area contributed by atoms with Crippen molar-refractivity contribution in [2.45, 2.75) is 6.42 Å². The predicted molar refractivity (Wildman–Crippen MR) is 92.4 cm³/mol. The van der Waals surface area contributed by atoms with Crippen LogP contribution in [0.15, 0.2) is 54.6 Å². The van der Waals surface area contributed by atoms with Gasteiger partial charge in [-0.25, -0.2) is 0 Å². The van der Waals surface area contributed by atoms with Gasteiger partial charge in [0.25, 0.3) is 0 Å². The topological polar surface area (TPSA) is 45.6 Å². The minimum atomic E-state index is 0.581. The van der Waals surface area contributed by atoms with E-state index in [1.165, 1.54) is 0 Å². The summed E-state index contributed by atoms with van der Waals surface area (Å²) in [6, 6.07) is 17.6. The van der Waals surface area contributed by atoms with Gasteiger partial charge in [-0.1, -0.05) is 29.8 Å². The van der Waals surface area contributed by atoms with Crippen LogP contribution in [0, 0.1) is 4.77 Å². The highest BCUT2D eigenvalue weighted by Gasteiger charge is 2.08. The predicted octanol–water partition coefficient (Wildman–Crippen LogP) is 4.24. The van der Waals surface area contributed by atoms with Gasteiger partial charge >= 0.3 is 0 Å². The van der Waals surface area contributed by atoms with Gasteiger partial charge in [0.15, 0.2) is 4.77 Å². The number of aromatic amines is 1. The fraction of sp³-hybridized carbons (Fsp3) is 0.125. The third-order valence-corrected chi connectivity index (χ3v) is 3.80. The molecular weight excluding hydrogens is 316 g/mol. The van der Waals surface area contributed by atoms with E-state index in [4.69, 9.17) is 23.8 Å². The number of benzene rings is 2. The molecule has 0 saturated carbocycles. The molecule has 0 fully saturated rings. The normalized spacial score (nSPS) is 10.6. The number of aromatic nitrogens is 3. The smallest absolute Gasteiger partial charge is 0.199 e. The molecule has 0 atom stereocenters. The van der Waals surface area contributed by atoms with Gasteiger partial charge in [-0.15, -0.1) is 0 Å². The van der Waals surface area contributed by atoms with Gasteiger partial charge in [0, 0.05) is 29.4 Å². The zero-order valence-electron chi connectivity index (χ0n) is 11.8. The van der Waals surface area contributed by atoms with E-state index in [0.717, 1.165) is 30.2 Å². The summed E-state index contributed by atoms with van der Waals surface area (Å²) in [4.78, 5) is 0. The first-order valence-electron chi connectivity index (χ1n) is 6.95. The minimum Gasteiger partial charge on any atom is -0.385 e. The molecule has 0 aliphatic carbocycles. The van der Waals surface area contributed by atoms with Crippen LogP contribution in [0.25, 0.3) is 5.69 Å². The number of hydrogen-bond acceptors (Lipinski definition) is 3. The van der Waals surface area contributed by atoms with Crippen LogP contribution < -0.4 is 5.32 Å². The highest BCUT2D eigenvalue weighted by atomic mass is 35.5. The Hall–Kier alpha value is -2.11. The Morgan fingerprint density at radius 3 is 2.55 bits per heavy atom. The highest BCUT2D eigenvalue weighted by Crippen LogP contribution is 2.15. The number of nitrogens with one attached hydrogen (secondary N) is 2. The first kappa shape index (κ1) is 14.8. The lowest BCUT2D eigenvalue weighted by atomic mass is 10.3. The van der Waals surface area contributed by atoms with Crippen LogP contribution in [-0.4, -0.2) is 21.3 Å². The monoisotopic (exact) mass is 330 g/mol. The number of H-pyrrole nitrogens is 1. The maximum absolute atomic E-state index is 5.94. The zero-order chi connectivity index (χ0) is 15.4. The van der Waals surface area contributed by atoms with Crippen LogP contribution in [0.1, 0.15) is 5.82 Å². The molecule has 0 spiro atoms. The molecule has 0 bridgehead atoms. The van der Waals surface area contributed by atoms with Crippen LogP contribution >= 0.6 is 23.8 Å². The Morgan fingerprint density at radius 1 is 1.09 bits per heavy atom. The molecule has 0 aliphatic heterocycles. The van der Waals surface area contributed by atoms with Gasteiger partial charge in [-0.3, -0.25) is 9.67 Å². The van der Waals surface area contributed by atoms with Gasteiger partial charge < -0.3 is 5.32 Å². The second kappa shape index (κ2) is 6.77. The molecule has 0 radical (unpaired) electrons. The lowest BCUT2D eigenvalue weighted by Gasteiger charge is -2.08. The van der Waals surface area contributed by atoms with Crippen LogP contribution in [-0.2, 0) is 6.42 Å². The average Bonchev–Trinajstić information content (AvgIpc) is 2.90. The van der Waals surface area contributed by atoms with E-state index in [1.54, 1.807) is 0 Å². The van der Waals surface area contributed by atoms with Crippen molar-refractivity contribution in [1.29, 1.82) is 0 Å². The lowest BCUT2D eigenvalue weighted by molar-refractivity contribution is 0.848. The summed E-state index contributed by atoms with van der Waals surface area (Å²) in [5, 5.41) is 11.2. The third kappa shape index (κ3) is 3.37. The van der Waals surface area contributed by atoms with Gasteiger partial charge in [-0.05, 0) is 48.6 Å². The van der Waals surface area contributed by atoms with Crippen LogP contribution in [0.3, 0.4) is 0 Å². The molecule has 2 aromatic carbocycles. The number of anilines is 1. The first-order chi connectivity index (χ1) is 10.7. The summed E-state index contributed by atoms with van der Waals surface area (Å²) in [5.41, 5.74) is 2.05. The van der Waals surface area contributed by atoms with E-state index in [2.05, 4.69) is 15.5 Å². The molecule has 1 aromatic heterocycles. The lowest BCUT2D eigenvalue weighted by Crippen LogP contribution is -2.09. The summed E-state index contributed by atoms with van der Waals surface area (Å²) in [7, 11) is 0. The van der Waals surface area contributed by atoms with Gasteiger partial charge in [0.2, 0.25) is 0 Å². The van der Waals surface area contributed by atoms with Crippen molar-refractivity contribution in [2.24, 2.45) is 0 Å². The van der Waals surface area contributed by atoms with E-state index in [-0.39, 0.29) is 0 Å². The largest absolute Gasteiger partial charge is 0.385 e. The Morgan fingerprint density at radius 2 is 1.82 bits per heavy atom. The van der Waals surface area contributed by atoms with Crippen molar-refractivity contribution in [2.75, 3.05) is 11.9 Å². The van der Waals surface area contributed by atoms with Crippen molar-refractivity contribution in [3.05, 3.63) is 70.2 Å². The van der Waals surface area contributed by atoms with Gasteiger partial charge in [-0.2, -0.15) is 5.10 Å². The van der Waals surface area contributed by atoms with Crippen LogP contribution in [0.5, 0.6) is 0 Å². The second-order valence-electron chi connectivity index (χ2n) is 4.80. The SMILES string of the molecule is S=c1[nH]nc(CCNc2ccccc2)n1-c1ccc(Cl)cc1. The molecule has 22 heavy (non-hydrogen) atoms. The van der Waals surface area contributed by atoms with E-state index in [9.17, 15) is 0 Å². The van der Waals surface area contributed by atoms with E-state index >= 15 is 0 Å². The summed E-state index contributed by atoms with van der Waals surface area (Å²) >= 11 is 11.3. The molecule has 4 nitrogen and oxygen atoms in total. The molecule has 3 rings (SSSR count).